The van der Waals surface area contributed by atoms with Gasteiger partial charge in [0.25, 0.3) is 0 Å². The average Bonchev–Trinajstić information content (AvgIpc) is 2.03. The zero-order valence-electron chi connectivity index (χ0n) is 9.17. The van der Waals surface area contributed by atoms with Gasteiger partial charge in [-0.15, -0.1) is 0 Å². The maximum atomic E-state index is 11.0. The Morgan fingerprint density at radius 3 is 2.00 bits per heavy atom. The minimum atomic E-state index is -0.537. The van der Waals surface area contributed by atoms with E-state index in [0.29, 0.717) is 19.3 Å². The van der Waals surface area contributed by atoms with Crippen molar-refractivity contribution in [3.63, 3.8) is 0 Å². The summed E-state index contributed by atoms with van der Waals surface area (Å²) in [4.78, 5) is 32.3. The summed E-state index contributed by atoms with van der Waals surface area (Å²) >= 11 is 0. The second-order valence-corrected chi connectivity index (χ2v) is 3.15. The van der Waals surface area contributed by atoms with Crippen LogP contribution in [-0.4, -0.2) is 17.7 Å². The Kier molecular flexibility index (Phi) is 11.6. The van der Waals surface area contributed by atoms with Gasteiger partial charge in [-0.1, -0.05) is 6.92 Å². The van der Waals surface area contributed by atoms with Gasteiger partial charge in [0.2, 0.25) is 0 Å². The van der Waals surface area contributed by atoms with Gasteiger partial charge < -0.3 is 9.53 Å². The molecule has 0 aliphatic carbocycles. The van der Waals surface area contributed by atoms with E-state index in [1.165, 1.54) is 6.92 Å². The van der Waals surface area contributed by atoms with Gasteiger partial charge in [-0.05, 0) is 19.8 Å². The van der Waals surface area contributed by atoms with Gasteiger partial charge in [-0.3, -0.25) is 9.59 Å². The number of hydrogen-bond acceptors (Lipinski definition) is 4. The van der Waals surface area contributed by atoms with E-state index in [2.05, 4.69) is 4.74 Å². The van der Waals surface area contributed by atoms with E-state index >= 15 is 0 Å². The minimum Gasteiger partial charge on any atom is -0.393 e. The van der Waals surface area contributed by atoms with Gasteiger partial charge in [0.05, 0.1) is 0 Å². The first-order valence-corrected chi connectivity index (χ1v) is 4.79. The Hall–Kier alpha value is -0.307. The van der Waals surface area contributed by atoms with Crippen LogP contribution in [0.15, 0.2) is 0 Å². The zero-order valence-corrected chi connectivity index (χ0v) is 11.6. The molecule has 15 heavy (non-hydrogen) atoms. The first kappa shape index (κ1) is 17.1. The summed E-state index contributed by atoms with van der Waals surface area (Å²) in [6, 6.07) is 0. The third-order valence-electron chi connectivity index (χ3n) is 1.59. The molecule has 0 rings (SSSR count). The normalized spacial score (nSPS) is 8.93. The Morgan fingerprint density at radius 1 is 1.00 bits per heavy atom. The molecule has 0 saturated carbocycles. The topological polar surface area (TPSA) is 60.4 Å². The molecule has 0 amide bonds. The van der Waals surface area contributed by atoms with Crippen molar-refractivity contribution in [1.82, 2.24) is 0 Å². The van der Waals surface area contributed by atoms with Crippen LogP contribution in [0.3, 0.4) is 0 Å². The Balaban J connectivity index is 0. The van der Waals surface area contributed by atoms with Crippen molar-refractivity contribution in [2.24, 2.45) is 0 Å². The summed E-state index contributed by atoms with van der Waals surface area (Å²) < 4.78 is 4.48. The molecule has 0 atom stereocenters. The summed E-state index contributed by atoms with van der Waals surface area (Å²) in [6.45, 7) is 3.30. The van der Waals surface area contributed by atoms with Crippen molar-refractivity contribution in [2.45, 2.75) is 46.0 Å². The van der Waals surface area contributed by atoms with Crippen LogP contribution in [0.5, 0.6) is 0 Å². The molecule has 0 aromatic carbocycles. The minimum absolute atomic E-state index is 0. The van der Waals surface area contributed by atoms with Crippen LogP contribution in [0.4, 0.5) is 0 Å². The first-order valence-electron chi connectivity index (χ1n) is 4.79. The fourth-order valence-corrected chi connectivity index (χ4v) is 0.915. The Labute approximate surface area is 109 Å². The molecule has 5 heteroatoms. The predicted octanol–water partition coefficient (Wildman–Crippen LogP) is 1.61. The monoisotopic (exact) mass is 290 g/mol. The van der Waals surface area contributed by atoms with E-state index in [1.807, 2.05) is 6.92 Å². The van der Waals surface area contributed by atoms with Crippen molar-refractivity contribution >= 4 is 17.7 Å². The molecule has 0 spiro atoms. The van der Waals surface area contributed by atoms with E-state index < -0.39 is 11.9 Å². The molecule has 0 aliphatic rings. The molecule has 0 bridgehead atoms. The summed E-state index contributed by atoms with van der Waals surface area (Å²) in [5.41, 5.74) is 0. The molecule has 0 aromatic rings. The van der Waals surface area contributed by atoms with Crippen molar-refractivity contribution in [3.05, 3.63) is 0 Å². The SMILES string of the molecule is CCCC(=O)OC(=O)CCCC(C)=O.[Zr]. The molecule has 0 aliphatic heterocycles. The predicted molar refractivity (Wildman–Crippen MR) is 50.5 cm³/mol. The van der Waals surface area contributed by atoms with Gasteiger partial charge >= 0.3 is 11.9 Å². The fourth-order valence-electron chi connectivity index (χ4n) is 0.915. The number of ether oxygens (including phenoxy) is 1. The molecular weight excluding hydrogens is 275 g/mol. The number of hydrogen-bond donors (Lipinski definition) is 0. The zero-order chi connectivity index (χ0) is 11.0. The number of ketones is 1. The quantitative estimate of drug-likeness (QED) is 0.551. The van der Waals surface area contributed by atoms with Crippen LogP contribution < -0.4 is 0 Å². The van der Waals surface area contributed by atoms with Crippen LogP contribution in [0.1, 0.15) is 46.0 Å². The van der Waals surface area contributed by atoms with Gasteiger partial charge in [-0.2, -0.15) is 0 Å². The molecule has 4 nitrogen and oxygen atoms in total. The van der Waals surface area contributed by atoms with Crippen LogP contribution >= 0.6 is 0 Å². The van der Waals surface area contributed by atoms with Crippen molar-refractivity contribution in [3.8, 4) is 0 Å². The Morgan fingerprint density at radius 2 is 1.53 bits per heavy atom. The van der Waals surface area contributed by atoms with Crippen LogP contribution in [0.25, 0.3) is 0 Å². The summed E-state index contributed by atoms with van der Waals surface area (Å²) in [7, 11) is 0. The van der Waals surface area contributed by atoms with Gasteiger partial charge in [0.15, 0.2) is 0 Å². The molecule has 0 radical (unpaired) electrons. The maximum Gasteiger partial charge on any atom is 0.313 e. The third-order valence-corrected chi connectivity index (χ3v) is 1.59. The summed E-state index contributed by atoms with van der Waals surface area (Å²) in [6.07, 6.45) is 1.87. The van der Waals surface area contributed by atoms with Crippen LogP contribution in [0.2, 0.25) is 0 Å². The van der Waals surface area contributed by atoms with E-state index in [9.17, 15) is 14.4 Å². The van der Waals surface area contributed by atoms with E-state index in [1.54, 1.807) is 0 Å². The second kappa shape index (κ2) is 10.2. The van der Waals surface area contributed by atoms with Crippen molar-refractivity contribution in [2.75, 3.05) is 0 Å². The summed E-state index contributed by atoms with van der Waals surface area (Å²) in [5.74, 6) is -0.984. The van der Waals surface area contributed by atoms with Crippen LogP contribution in [0, 0.1) is 0 Å². The molecule has 0 saturated heterocycles. The Bertz CT molecular complexity index is 225. The largest absolute Gasteiger partial charge is 0.393 e. The molecule has 0 N–H and O–H groups in total. The number of rotatable bonds is 6. The van der Waals surface area contributed by atoms with E-state index in [-0.39, 0.29) is 44.8 Å². The van der Waals surface area contributed by atoms with Gasteiger partial charge in [0, 0.05) is 45.5 Å². The van der Waals surface area contributed by atoms with E-state index in [4.69, 9.17) is 0 Å². The molecule has 0 fully saturated rings. The second-order valence-electron chi connectivity index (χ2n) is 3.15. The average molecular weight is 291 g/mol. The number of esters is 2. The molecular formula is C10H16O4Zr. The molecule has 0 aromatic heterocycles. The fraction of sp³-hybridized carbons (Fsp3) is 0.700. The number of Topliss-reactive ketones (excluding diaryl/α,β-unsaturated/α-hetero) is 1. The van der Waals surface area contributed by atoms with Crippen molar-refractivity contribution in [1.29, 1.82) is 0 Å². The molecule has 84 valence electrons. The third kappa shape index (κ3) is 11.6. The number of carbonyl (C=O) groups excluding carboxylic acids is 3. The van der Waals surface area contributed by atoms with Gasteiger partial charge in [-0.25, -0.2) is 0 Å². The summed E-state index contributed by atoms with van der Waals surface area (Å²) in [5, 5.41) is 0. The standard InChI is InChI=1S/C10H16O4.Zr/c1-3-5-9(12)14-10(13)7-4-6-8(2)11;/h3-7H2,1-2H3;. The smallest absolute Gasteiger partial charge is 0.313 e. The maximum absolute atomic E-state index is 11.0. The first-order chi connectivity index (χ1) is 6.56. The van der Waals surface area contributed by atoms with E-state index in [0.717, 1.165) is 0 Å². The van der Waals surface area contributed by atoms with Crippen molar-refractivity contribution < 1.29 is 45.3 Å². The molecule has 0 unspecified atom stereocenters. The van der Waals surface area contributed by atoms with Gasteiger partial charge in [0.1, 0.15) is 5.78 Å². The van der Waals surface area contributed by atoms with Crippen LogP contribution in [-0.2, 0) is 45.3 Å². The molecule has 0 heterocycles. The number of carbonyl (C=O) groups is 3.